The van der Waals surface area contributed by atoms with Gasteiger partial charge in [0.25, 0.3) is 5.91 Å². The first-order valence-electron chi connectivity index (χ1n) is 9.01. The van der Waals surface area contributed by atoms with Crippen LogP contribution in [0.3, 0.4) is 0 Å². The van der Waals surface area contributed by atoms with Crippen LogP contribution in [-0.4, -0.2) is 40.5 Å². The van der Waals surface area contributed by atoms with Gasteiger partial charge in [-0.15, -0.1) is 0 Å². The molecule has 1 amide bonds. The number of nitrogens with one attached hydrogen (secondary N) is 2. The summed E-state index contributed by atoms with van der Waals surface area (Å²) in [6.45, 7) is 2.43. The van der Waals surface area contributed by atoms with E-state index in [-0.39, 0.29) is 5.91 Å². The Labute approximate surface area is 164 Å². The van der Waals surface area contributed by atoms with E-state index in [1.807, 2.05) is 36.4 Å². The molecule has 2 N–H and O–H groups in total. The molecule has 5 nitrogen and oxygen atoms in total. The van der Waals surface area contributed by atoms with Crippen LogP contribution in [0.2, 0.25) is 0 Å². The summed E-state index contributed by atoms with van der Waals surface area (Å²) in [6.07, 6.45) is 2.54. The van der Waals surface area contributed by atoms with Crippen LogP contribution in [0.1, 0.15) is 22.5 Å². The molecule has 0 spiro atoms. The maximum atomic E-state index is 12.6. The van der Waals surface area contributed by atoms with E-state index in [9.17, 15) is 4.79 Å². The maximum Gasteiger partial charge on any atom is 0.269 e. The summed E-state index contributed by atoms with van der Waals surface area (Å²) in [5.41, 5.74) is 2.68. The fourth-order valence-corrected chi connectivity index (χ4v) is 3.25. The van der Waals surface area contributed by atoms with Crippen LogP contribution >= 0.6 is 12.2 Å². The highest BCUT2D eigenvalue weighted by Crippen LogP contribution is 2.12. The number of rotatable bonds is 8. The number of amides is 1. The summed E-state index contributed by atoms with van der Waals surface area (Å²) >= 11 is 5.33. The molecule has 0 saturated carbocycles. The lowest BCUT2D eigenvalue weighted by Crippen LogP contribution is -2.29. The van der Waals surface area contributed by atoms with Crippen LogP contribution in [0.15, 0.2) is 66.9 Å². The normalized spacial score (nSPS) is 10.9. The number of nitrogens with zero attached hydrogens (tertiary/aromatic N) is 2. The molecule has 6 heteroatoms. The average molecular weight is 381 g/mol. The molecule has 0 unspecified atom stereocenters. The molecule has 1 heterocycles. The van der Waals surface area contributed by atoms with Crippen LogP contribution in [0.5, 0.6) is 0 Å². The van der Waals surface area contributed by atoms with Gasteiger partial charge in [-0.1, -0.05) is 48.5 Å². The van der Waals surface area contributed by atoms with E-state index >= 15 is 0 Å². The number of H-pyrrole nitrogens is 1. The standard InChI is InChI=1S/C21H24N4OS/c1-24(16-17-9-4-2-5-10-17)14-8-13-22-20(26)19-15-23-21(27)25(19)18-11-6-3-7-12-18/h2-7,9-12,15H,8,13-14,16H2,1H3,(H,22,26)(H,23,27). The fraction of sp³-hybridized carbons (Fsp3) is 0.238. The number of carbonyl (C=O) groups is 1. The number of benzene rings is 2. The number of hydrogen-bond acceptors (Lipinski definition) is 3. The SMILES string of the molecule is CN(CCCNC(=O)c1c[nH]c(=S)n1-c1ccccc1)Cc1ccccc1. The quantitative estimate of drug-likeness (QED) is 0.462. The molecule has 0 aliphatic carbocycles. The van der Waals surface area contributed by atoms with Crippen molar-refractivity contribution < 1.29 is 4.79 Å². The fourth-order valence-electron chi connectivity index (χ4n) is 2.98. The molecule has 0 aliphatic rings. The predicted molar refractivity (Wildman–Crippen MR) is 111 cm³/mol. The van der Waals surface area contributed by atoms with Gasteiger partial charge in [0, 0.05) is 25.0 Å². The Morgan fingerprint density at radius 3 is 2.48 bits per heavy atom. The van der Waals surface area contributed by atoms with Crippen molar-refractivity contribution >= 4 is 18.1 Å². The summed E-state index contributed by atoms with van der Waals surface area (Å²) < 4.78 is 2.26. The van der Waals surface area contributed by atoms with Gasteiger partial charge in [-0.05, 0) is 49.9 Å². The lowest BCUT2D eigenvalue weighted by molar-refractivity contribution is 0.0945. The number of para-hydroxylation sites is 1. The number of imidazole rings is 1. The zero-order valence-corrected chi connectivity index (χ0v) is 16.2. The van der Waals surface area contributed by atoms with Crippen LogP contribution in [0, 0.1) is 4.77 Å². The van der Waals surface area contributed by atoms with Crippen LogP contribution in [-0.2, 0) is 6.54 Å². The lowest BCUT2D eigenvalue weighted by Gasteiger charge is -2.16. The van der Waals surface area contributed by atoms with Gasteiger partial charge in [0.15, 0.2) is 4.77 Å². The molecule has 140 valence electrons. The second-order valence-corrected chi connectivity index (χ2v) is 6.87. The summed E-state index contributed by atoms with van der Waals surface area (Å²) in [5, 5.41) is 2.99. The van der Waals surface area contributed by atoms with Gasteiger partial charge in [0.2, 0.25) is 0 Å². The number of aromatic nitrogens is 2. The maximum absolute atomic E-state index is 12.6. The molecule has 0 radical (unpaired) electrons. The largest absolute Gasteiger partial charge is 0.351 e. The summed E-state index contributed by atoms with van der Waals surface area (Å²) in [7, 11) is 2.09. The van der Waals surface area contributed by atoms with E-state index in [0.717, 1.165) is 25.2 Å². The Morgan fingerprint density at radius 1 is 1.11 bits per heavy atom. The molecule has 0 aliphatic heterocycles. The third kappa shape index (κ3) is 5.15. The Kier molecular flexibility index (Phi) is 6.57. The van der Waals surface area contributed by atoms with Crippen LogP contribution in [0.4, 0.5) is 0 Å². The predicted octanol–water partition coefficient (Wildman–Crippen LogP) is 3.79. The molecule has 3 aromatic rings. The van der Waals surface area contributed by atoms with E-state index in [2.05, 4.69) is 46.5 Å². The minimum atomic E-state index is -0.128. The van der Waals surface area contributed by atoms with E-state index < -0.39 is 0 Å². The van der Waals surface area contributed by atoms with E-state index in [0.29, 0.717) is 17.0 Å². The minimum absolute atomic E-state index is 0.128. The molecule has 3 rings (SSSR count). The Morgan fingerprint density at radius 2 is 1.78 bits per heavy atom. The highest BCUT2D eigenvalue weighted by atomic mass is 32.1. The molecule has 0 saturated heterocycles. The lowest BCUT2D eigenvalue weighted by atomic mass is 10.2. The van der Waals surface area contributed by atoms with Crippen molar-refractivity contribution in [3.63, 3.8) is 0 Å². The second-order valence-electron chi connectivity index (χ2n) is 6.48. The zero-order valence-electron chi connectivity index (χ0n) is 15.4. The van der Waals surface area contributed by atoms with Gasteiger partial charge in [0.05, 0.1) is 0 Å². The first kappa shape index (κ1) is 19.1. The highest BCUT2D eigenvalue weighted by molar-refractivity contribution is 7.71. The highest BCUT2D eigenvalue weighted by Gasteiger charge is 2.13. The van der Waals surface area contributed by atoms with Gasteiger partial charge >= 0.3 is 0 Å². The van der Waals surface area contributed by atoms with Crippen molar-refractivity contribution in [1.82, 2.24) is 19.8 Å². The average Bonchev–Trinajstić information content (AvgIpc) is 3.08. The van der Waals surface area contributed by atoms with Gasteiger partial charge in [-0.3, -0.25) is 9.36 Å². The van der Waals surface area contributed by atoms with Gasteiger partial charge in [-0.2, -0.15) is 0 Å². The monoisotopic (exact) mass is 380 g/mol. The van der Waals surface area contributed by atoms with Gasteiger partial charge in [-0.25, -0.2) is 0 Å². The van der Waals surface area contributed by atoms with Crippen LogP contribution < -0.4 is 5.32 Å². The molecule has 2 aromatic carbocycles. The minimum Gasteiger partial charge on any atom is -0.351 e. The smallest absolute Gasteiger partial charge is 0.269 e. The Balaban J connectivity index is 1.51. The summed E-state index contributed by atoms with van der Waals surface area (Å²) in [5.74, 6) is -0.128. The van der Waals surface area contributed by atoms with E-state index in [4.69, 9.17) is 12.2 Å². The molecule has 0 fully saturated rings. The zero-order chi connectivity index (χ0) is 19.1. The van der Waals surface area contributed by atoms with Crippen molar-refractivity contribution in [2.45, 2.75) is 13.0 Å². The van der Waals surface area contributed by atoms with Crippen LogP contribution in [0.25, 0.3) is 5.69 Å². The molecule has 27 heavy (non-hydrogen) atoms. The second kappa shape index (κ2) is 9.30. The molecular formula is C21H24N4OS. The summed E-state index contributed by atoms with van der Waals surface area (Å²) in [4.78, 5) is 17.8. The van der Waals surface area contributed by atoms with E-state index in [1.165, 1.54) is 5.56 Å². The molecule has 1 aromatic heterocycles. The third-order valence-electron chi connectivity index (χ3n) is 4.32. The Hall–Kier alpha value is -2.70. The first-order valence-corrected chi connectivity index (χ1v) is 9.42. The number of aromatic amines is 1. The van der Waals surface area contributed by atoms with E-state index in [1.54, 1.807) is 10.8 Å². The molecule has 0 atom stereocenters. The molecular weight excluding hydrogens is 356 g/mol. The molecule has 0 bridgehead atoms. The van der Waals surface area contributed by atoms with Crippen molar-refractivity contribution in [3.8, 4) is 5.69 Å². The van der Waals surface area contributed by atoms with Crippen molar-refractivity contribution in [2.75, 3.05) is 20.1 Å². The van der Waals surface area contributed by atoms with Gasteiger partial charge in [0.1, 0.15) is 5.69 Å². The summed E-state index contributed by atoms with van der Waals surface area (Å²) in [6, 6.07) is 20.0. The van der Waals surface area contributed by atoms with Crippen molar-refractivity contribution in [1.29, 1.82) is 0 Å². The number of carbonyl (C=O) groups excluding carboxylic acids is 1. The van der Waals surface area contributed by atoms with Crippen molar-refractivity contribution in [3.05, 3.63) is 82.9 Å². The van der Waals surface area contributed by atoms with Gasteiger partial charge < -0.3 is 15.2 Å². The van der Waals surface area contributed by atoms with Crippen molar-refractivity contribution in [2.24, 2.45) is 0 Å². The number of hydrogen-bond donors (Lipinski definition) is 2. The first-order chi connectivity index (χ1) is 13.1. The third-order valence-corrected chi connectivity index (χ3v) is 4.62. The topological polar surface area (TPSA) is 53.1 Å². The Bertz CT molecular complexity index is 918.